The summed E-state index contributed by atoms with van der Waals surface area (Å²) in [5.41, 5.74) is 1.23. The molecule has 0 bridgehead atoms. The molecule has 0 aromatic carbocycles. The van der Waals surface area contributed by atoms with E-state index < -0.39 is 0 Å². The van der Waals surface area contributed by atoms with Crippen LogP contribution in [0.1, 0.15) is 18.4 Å². The lowest BCUT2D eigenvalue weighted by Gasteiger charge is -2.14. The highest BCUT2D eigenvalue weighted by Gasteiger charge is 2.23. The van der Waals surface area contributed by atoms with Gasteiger partial charge < -0.3 is 10.0 Å². The number of carbonyl (C=O) groups is 1. The number of aliphatic hydroxyl groups excluding tert-OH is 1. The van der Waals surface area contributed by atoms with Crippen LogP contribution in [-0.2, 0) is 11.2 Å². The lowest BCUT2D eigenvalue weighted by Crippen LogP contribution is -2.29. The first-order valence-corrected chi connectivity index (χ1v) is 6.17. The minimum atomic E-state index is -0.310. The van der Waals surface area contributed by atoms with Gasteiger partial charge in [-0.15, -0.1) is 0 Å². The maximum absolute atomic E-state index is 11.7. The summed E-state index contributed by atoms with van der Waals surface area (Å²) < 4.78 is 0. The first-order chi connectivity index (χ1) is 7.25. The zero-order chi connectivity index (χ0) is 10.7. The third-order valence-corrected chi connectivity index (χ3v) is 3.46. The molecule has 0 aliphatic carbocycles. The van der Waals surface area contributed by atoms with Crippen molar-refractivity contribution in [3.05, 3.63) is 22.4 Å². The van der Waals surface area contributed by atoms with E-state index in [1.165, 1.54) is 5.56 Å². The molecule has 0 unspecified atom stereocenters. The summed E-state index contributed by atoms with van der Waals surface area (Å²) >= 11 is 1.66. The second-order valence-corrected chi connectivity index (χ2v) is 4.69. The summed E-state index contributed by atoms with van der Waals surface area (Å²) in [5, 5.41) is 13.4. The van der Waals surface area contributed by atoms with Crippen LogP contribution in [0.2, 0.25) is 0 Å². The van der Waals surface area contributed by atoms with Crippen molar-refractivity contribution in [3.63, 3.8) is 0 Å². The molecule has 1 aromatic rings. The Hall–Kier alpha value is -0.870. The standard InChI is InChI=1S/C11H15NO2S/c13-10-3-5-12(7-10)11(14)2-1-9-4-6-15-8-9/h4,6,8,10,13H,1-3,5,7H2/t10-/m1/s1. The molecular weight excluding hydrogens is 210 g/mol. The molecule has 1 saturated heterocycles. The Labute approximate surface area is 93.3 Å². The Morgan fingerprint density at radius 2 is 2.53 bits per heavy atom. The number of rotatable bonds is 3. The summed E-state index contributed by atoms with van der Waals surface area (Å²) in [5.74, 6) is 0.165. The molecule has 0 saturated carbocycles. The molecule has 1 aliphatic rings. The lowest BCUT2D eigenvalue weighted by molar-refractivity contribution is -0.130. The van der Waals surface area contributed by atoms with Crippen LogP contribution in [0, 0.1) is 0 Å². The van der Waals surface area contributed by atoms with E-state index in [0.29, 0.717) is 19.5 Å². The van der Waals surface area contributed by atoms with Gasteiger partial charge in [-0.1, -0.05) is 0 Å². The Bertz CT molecular complexity index is 323. The number of amides is 1. The van der Waals surface area contributed by atoms with Crippen molar-refractivity contribution in [1.82, 2.24) is 4.90 Å². The van der Waals surface area contributed by atoms with E-state index in [1.54, 1.807) is 16.2 Å². The number of thiophene rings is 1. The Balaban J connectivity index is 1.78. The van der Waals surface area contributed by atoms with E-state index in [9.17, 15) is 9.90 Å². The Kier molecular flexibility index (Phi) is 3.38. The second-order valence-electron chi connectivity index (χ2n) is 3.91. The van der Waals surface area contributed by atoms with Gasteiger partial charge in [-0.3, -0.25) is 4.79 Å². The molecule has 1 N–H and O–H groups in total. The van der Waals surface area contributed by atoms with Crippen LogP contribution in [0.3, 0.4) is 0 Å². The van der Waals surface area contributed by atoms with E-state index in [2.05, 4.69) is 11.4 Å². The van der Waals surface area contributed by atoms with Gasteiger partial charge >= 0.3 is 0 Å². The van der Waals surface area contributed by atoms with Crippen LogP contribution < -0.4 is 0 Å². The van der Waals surface area contributed by atoms with Gasteiger partial charge in [0, 0.05) is 19.5 Å². The van der Waals surface area contributed by atoms with Crippen LogP contribution in [0.4, 0.5) is 0 Å². The number of nitrogens with zero attached hydrogens (tertiary/aromatic N) is 1. The van der Waals surface area contributed by atoms with Gasteiger partial charge in [0.1, 0.15) is 0 Å². The minimum absolute atomic E-state index is 0.165. The largest absolute Gasteiger partial charge is 0.391 e. The zero-order valence-electron chi connectivity index (χ0n) is 8.56. The van der Waals surface area contributed by atoms with Crippen LogP contribution in [0.15, 0.2) is 16.8 Å². The fourth-order valence-corrected chi connectivity index (χ4v) is 2.52. The van der Waals surface area contributed by atoms with Crippen LogP contribution in [0.5, 0.6) is 0 Å². The number of likely N-dealkylation sites (tertiary alicyclic amines) is 1. The van der Waals surface area contributed by atoms with E-state index >= 15 is 0 Å². The smallest absolute Gasteiger partial charge is 0.222 e. The Morgan fingerprint density at radius 3 is 3.13 bits per heavy atom. The maximum Gasteiger partial charge on any atom is 0.222 e. The third-order valence-electron chi connectivity index (χ3n) is 2.72. The topological polar surface area (TPSA) is 40.5 Å². The Morgan fingerprint density at radius 1 is 1.67 bits per heavy atom. The van der Waals surface area contributed by atoms with Crippen molar-refractivity contribution >= 4 is 17.2 Å². The summed E-state index contributed by atoms with van der Waals surface area (Å²) in [6.45, 7) is 1.23. The fourth-order valence-electron chi connectivity index (χ4n) is 1.81. The SMILES string of the molecule is O=C(CCc1ccsc1)N1CC[C@@H](O)C1. The number of aliphatic hydroxyl groups is 1. The molecule has 82 valence electrons. The van der Waals surface area contributed by atoms with Crippen LogP contribution >= 0.6 is 11.3 Å². The molecule has 0 spiro atoms. The molecule has 2 heterocycles. The lowest BCUT2D eigenvalue weighted by atomic mass is 10.2. The monoisotopic (exact) mass is 225 g/mol. The molecule has 2 rings (SSSR count). The van der Waals surface area contributed by atoms with Gasteiger partial charge in [-0.2, -0.15) is 11.3 Å². The normalized spacial score (nSPS) is 20.9. The molecule has 1 amide bonds. The average molecular weight is 225 g/mol. The van der Waals surface area contributed by atoms with Gasteiger partial charge in [0.25, 0.3) is 0 Å². The van der Waals surface area contributed by atoms with Gasteiger partial charge in [-0.25, -0.2) is 0 Å². The van der Waals surface area contributed by atoms with E-state index in [-0.39, 0.29) is 12.0 Å². The van der Waals surface area contributed by atoms with Crippen molar-refractivity contribution in [2.75, 3.05) is 13.1 Å². The van der Waals surface area contributed by atoms with E-state index in [1.807, 2.05) is 5.38 Å². The molecule has 15 heavy (non-hydrogen) atoms. The first kappa shape index (κ1) is 10.6. The van der Waals surface area contributed by atoms with Crippen LogP contribution in [-0.4, -0.2) is 35.1 Å². The summed E-state index contributed by atoms with van der Waals surface area (Å²) in [6, 6.07) is 2.05. The van der Waals surface area contributed by atoms with Crippen molar-refractivity contribution in [3.8, 4) is 0 Å². The molecule has 1 atom stereocenters. The highest BCUT2D eigenvalue weighted by molar-refractivity contribution is 7.07. The van der Waals surface area contributed by atoms with Gasteiger partial charge in [-0.05, 0) is 35.2 Å². The molecule has 0 radical (unpaired) electrons. The van der Waals surface area contributed by atoms with Crippen molar-refractivity contribution in [1.29, 1.82) is 0 Å². The summed E-state index contributed by atoms with van der Waals surface area (Å²) in [4.78, 5) is 13.5. The van der Waals surface area contributed by atoms with Crippen LogP contribution in [0.25, 0.3) is 0 Å². The zero-order valence-corrected chi connectivity index (χ0v) is 9.37. The van der Waals surface area contributed by atoms with Gasteiger partial charge in [0.15, 0.2) is 0 Å². The quantitative estimate of drug-likeness (QED) is 0.841. The third kappa shape index (κ3) is 2.79. The predicted octanol–water partition coefficient (Wildman–Crippen LogP) is 1.27. The maximum atomic E-state index is 11.7. The summed E-state index contributed by atoms with van der Waals surface area (Å²) in [6.07, 6.45) is 1.79. The molecule has 3 nitrogen and oxygen atoms in total. The number of aryl methyl sites for hydroxylation is 1. The molecule has 1 fully saturated rings. The highest BCUT2D eigenvalue weighted by Crippen LogP contribution is 2.13. The molecule has 1 aliphatic heterocycles. The van der Waals surface area contributed by atoms with Crippen molar-refractivity contribution in [2.24, 2.45) is 0 Å². The second kappa shape index (κ2) is 4.77. The average Bonchev–Trinajstić information content (AvgIpc) is 2.84. The molecule has 1 aromatic heterocycles. The minimum Gasteiger partial charge on any atom is -0.391 e. The molecule has 4 heteroatoms. The fraction of sp³-hybridized carbons (Fsp3) is 0.545. The number of carbonyl (C=O) groups excluding carboxylic acids is 1. The van der Waals surface area contributed by atoms with Gasteiger partial charge in [0.2, 0.25) is 5.91 Å². The van der Waals surface area contributed by atoms with Crippen molar-refractivity contribution < 1.29 is 9.90 Å². The van der Waals surface area contributed by atoms with E-state index in [0.717, 1.165) is 12.8 Å². The first-order valence-electron chi connectivity index (χ1n) is 5.22. The number of β-amino-alcohol motifs (C(OH)–C–C–N with tert-alkyl or cyclic N) is 1. The highest BCUT2D eigenvalue weighted by atomic mass is 32.1. The predicted molar refractivity (Wildman–Crippen MR) is 59.8 cm³/mol. The number of hydrogen-bond acceptors (Lipinski definition) is 3. The summed E-state index contributed by atoms with van der Waals surface area (Å²) in [7, 11) is 0. The van der Waals surface area contributed by atoms with E-state index in [4.69, 9.17) is 0 Å². The molecular formula is C11H15NO2S. The van der Waals surface area contributed by atoms with Gasteiger partial charge in [0.05, 0.1) is 6.10 Å². The number of hydrogen-bond donors (Lipinski definition) is 1. The van der Waals surface area contributed by atoms with Crippen molar-refractivity contribution in [2.45, 2.75) is 25.4 Å².